The molecule has 2 aliphatic rings. The summed E-state index contributed by atoms with van der Waals surface area (Å²) in [6.45, 7) is 1.02. The van der Waals surface area contributed by atoms with Crippen LogP contribution < -0.4 is 10.2 Å². The van der Waals surface area contributed by atoms with Gasteiger partial charge in [-0.2, -0.15) is 0 Å². The van der Waals surface area contributed by atoms with Gasteiger partial charge in [0.05, 0.1) is 11.5 Å². The molecule has 1 atom stereocenters. The monoisotopic (exact) mass is 566 g/mol. The average Bonchev–Trinajstić information content (AvgIpc) is 3.54. The lowest BCUT2D eigenvalue weighted by Crippen LogP contribution is -2.40. The summed E-state index contributed by atoms with van der Waals surface area (Å²) in [4.78, 5) is 28.1. The zero-order chi connectivity index (χ0) is 29.4. The summed E-state index contributed by atoms with van der Waals surface area (Å²) in [6.07, 6.45) is 10.8. The predicted octanol–water partition coefficient (Wildman–Crippen LogP) is 7.29. The molecule has 0 bridgehead atoms. The number of esters is 1. The summed E-state index contributed by atoms with van der Waals surface area (Å²) in [7, 11) is 4.09. The van der Waals surface area contributed by atoms with Crippen molar-refractivity contribution in [3.05, 3.63) is 90.0 Å². The Morgan fingerprint density at radius 1 is 0.952 bits per heavy atom. The molecule has 6 heteroatoms. The van der Waals surface area contributed by atoms with E-state index in [9.17, 15) is 9.59 Å². The molecule has 1 N–H and O–H groups in total. The average molecular weight is 567 g/mol. The summed E-state index contributed by atoms with van der Waals surface area (Å²) in [6, 6.07) is 24.8. The van der Waals surface area contributed by atoms with Crippen molar-refractivity contribution >= 4 is 29.3 Å². The van der Waals surface area contributed by atoms with E-state index in [2.05, 4.69) is 58.7 Å². The van der Waals surface area contributed by atoms with Crippen molar-refractivity contribution in [2.45, 2.75) is 57.5 Å². The van der Waals surface area contributed by atoms with Crippen LogP contribution in [0.3, 0.4) is 0 Å². The molecule has 1 saturated carbocycles. The molecule has 0 spiro atoms. The van der Waals surface area contributed by atoms with Gasteiger partial charge in [0.2, 0.25) is 5.91 Å². The van der Waals surface area contributed by atoms with E-state index in [0.717, 1.165) is 62.8 Å². The maximum atomic E-state index is 13.8. The van der Waals surface area contributed by atoms with Crippen LogP contribution in [-0.4, -0.2) is 45.3 Å². The number of nitrogens with one attached hydrogen (secondary N) is 1. The molecule has 3 aromatic carbocycles. The van der Waals surface area contributed by atoms with Crippen LogP contribution in [0.15, 0.2) is 78.9 Å². The van der Waals surface area contributed by atoms with E-state index in [1.807, 2.05) is 38.4 Å². The highest BCUT2D eigenvalue weighted by atomic mass is 16.6. The van der Waals surface area contributed by atoms with Crippen LogP contribution in [0.25, 0.3) is 17.2 Å². The smallest absolute Gasteiger partial charge is 0.330 e. The van der Waals surface area contributed by atoms with Gasteiger partial charge in [-0.25, -0.2) is 4.79 Å². The summed E-state index contributed by atoms with van der Waals surface area (Å²) < 4.78 is 10.8. The minimum atomic E-state index is -0.439. The number of hydrogen-bond acceptors (Lipinski definition) is 5. The van der Waals surface area contributed by atoms with Gasteiger partial charge in [-0.3, -0.25) is 4.79 Å². The van der Waals surface area contributed by atoms with Crippen LogP contribution in [-0.2, 0) is 25.5 Å². The number of nitrogens with zero attached hydrogens (tertiary/aromatic N) is 1. The topological polar surface area (TPSA) is 67.9 Å². The lowest BCUT2D eigenvalue weighted by Gasteiger charge is -2.36. The molecule has 5 rings (SSSR count). The van der Waals surface area contributed by atoms with E-state index < -0.39 is 11.4 Å². The molecule has 42 heavy (non-hydrogen) atoms. The van der Waals surface area contributed by atoms with Crippen LogP contribution in [0.5, 0.6) is 0 Å². The second kappa shape index (κ2) is 13.8. The molecule has 3 aromatic rings. The maximum Gasteiger partial charge on any atom is 0.330 e. The third-order valence-electron chi connectivity index (χ3n) is 8.50. The van der Waals surface area contributed by atoms with Crippen molar-refractivity contribution in [1.29, 1.82) is 0 Å². The van der Waals surface area contributed by atoms with Gasteiger partial charge in [0.15, 0.2) is 0 Å². The van der Waals surface area contributed by atoms with Gasteiger partial charge in [0.25, 0.3) is 0 Å². The quantitative estimate of drug-likeness (QED) is 0.206. The lowest BCUT2D eigenvalue weighted by atomic mass is 9.69. The fourth-order valence-electron chi connectivity index (χ4n) is 6.02. The van der Waals surface area contributed by atoms with Crippen LogP contribution in [0.2, 0.25) is 0 Å². The Hall–Kier alpha value is -3.90. The van der Waals surface area contributed by atoms with Gasteiger partial charge in [0.1, 0.15) is 6.61 Å². The van der Waals surface area contributed by atoms with E-state index in [1.54, 1.807) is 6.08 Å². The molecule has 1 heterocycles. The molecule has 6 nitrogen and oxygen atoms in total. The standard InChI is InChI=1S/C36H42N2O4/c1-38(2)32-18-16-30(17-19-32)29-14-11-28(12-15-29)25-36(21-4-3-5-22-36)35(40)37-31-9-6-8-27(24-31)13-20-34(39)42-26-33-10-7-23-41-33/h6,8-9,11-20,24,33H,3-5,7,10,21-23,25-26H2,1-2H3,(H,37,40)/b20-13+. The van der Waals surface area contributed by atoms with Crippen LogP contribution in [0, 0.1) is 5.41 Å². The zero-order valence-corrected chi connectivity index (χ0v) is 24.8. The first-order chi connectivity index (χ1) is 20.4. The molecule has 1 amide bonds. The third-order valence-corrected chi connectivity index (χ3v) is 8.50. The molecule has 1 aliphatic heterocycles. The van der Waals surface area contributed by atoms with Gasteiger partial charge >= 0.3 is 5.97 Å². The Morgan fingerprint density at radius 2 is 1.67 bits per heavy atom. The number of rotatable bonds is 10. The second-order valence-electron chi connectivity index (χ2n) is 11.8. The van der Waals surface area contributed by atoms with Crippen molar-refractivity contribution in [1.82, 2.24) is 0 Å². The van der Waals surface area contributed by atoms with Crippen LogP contribution in [0.4, 0.5) is 11.4 Å². The Kier molecular flexibility index (Phi) is 9.75. The summed E-state index contributed by atoms with van der Waals surface area (Å²) in [5, 5.41) is 3.21. The number of hydrogen-bond donors (Lipinski definition) is 1. The zero-order valence-electron chi connectivity index (χ0n) is 24.8. The Morgan fingerprint density at radius 3 is 2.33 bits per heavy atom. The number of amides is 1. The molecule has 0 aromatic heterocycles. The van der Waals surface area contributed by atoms with E-state index in [0.29, 0.717) is 0 Å². The summed E-state index contributed by atoms with van der Waals surface area (Å²) in [5.41, 5.74) is 5.83. The fourth-order valence-corrected chi connectivity index (χ4v) is 6.02. The largest absolute Gasteiger partial charge is 0.460 e. The Labute approximate surface area is 249 Å². The van der Waals surface area contributed by atoms with Crippen LogP contribution >= 0.6 is 0 Å². The summed E-state index contributed by atoms with van der Waals surface area (Å²) >= 11 is 0. The first-order valence-corrected chi connectivity index (χ1v) is 15.1. The number of carbonyl (C=O) groups excluding carboxylic acids is 2. The Bertz CT molecular complexity index is 1370. The minimum absolute atomic E-state index is 0.00593. The predicted molar refractivity (Wildman–Crippen MR) is 169 cm³/mol. The first kappa shape index (κ1) is 29.6. The third kappa shape index (κ3) is 7.68. The molecule has 220 valence electrons. The van der Waals surface area contributed by atoms with Gasteiger partial charge in [-0.05, 0) is 84.7 Å². The van der Waals surface area contributed by atoms with Gasteiger partial charge in [-0.15, -0.1) is 0 Å². The molecule has 1 unspecified atom stereocenters. The van der Waals surface area contributed by atoms with E-state index in [4.69, 9.17) is 9.47 Å². The molecule has 0 radical (unpaired) electrons. The van der Waals surface area contributed by atoms with Crippen LogP contribution in [0.1, 0.15) is 56.1 Å². The van der Waals surface area contributed by atoms with Crippen molar-refractivity contribution in [2.75, 3.05) is 37.5 Å². The SMILES string of the molecule is CN(C)c1ccc(-c2ccc(CC3(C(=O)Nc4cccc(/C=C/C(=O)OCC5CCCO5)c4)CCCCC3)cc2)cc1. The molecule has 1 aliphatic carbocycles. The van der Waals surface area contributed by atoms with Gasteiger partial charge in [-0.1, -0.05) is 67.8 Å². The van der Waals surface area contributed by atoms with Crippen molar-refractivity contribution in [2.24, 2.45) is 5.41 Å². The van der Waals surface area contributed by atoms with E-state index in [-0.39, 0.29) is 18.6 Å². The Balaban J connectivity index is 1.23. The molecular weight excluding hydrogens is 524 g/mol. The molecule has 1 saturated heterocycles. The molecule has 2 fully saturated rings. The highest BCUT2D eigenvalue weighted by molar-refractivity contribution is 5.96. The number of benzene rings is 3. The highest BCUT2D eigenvalue weighted by Crippen LogP contribution is 2.41. The number of carbonyl (C=O) groups is 2. The van der Waals surface area contributed by atoms with Crippen molar-refractivity contribution in [3.63, 3.8) is 0 Å². The highest BCUT2D eigenvalue weighted by Gasteiger charge is 2.39. The first-order valence-electron chi connectivity index (χ1n) is 15.1. The van der Waals surface area contributed by atoms with E-state index >= 15 is 0 Å². The minimum Gasteiger partial charge on any atom is -0.460 e. The fraction of sp³-hybridized carbons (Fsp3) is 0.389. The molecular formula is C36H42N2O4. The van der Waals surface area contributed by atoms with Crippen molar-refractivity contribution < 1.29 is 19.1 Å². The normalized spacial score (nSPS) is 18.1. The maximum absolute atomic E-state index is 13.8. The van der Waals surface area contributed by atoms with Gasteiger partial charge in [0, 0.05) is 38.2 Å². The van der Waals surface area contributed by atoms with E-state index in [1.165, 1.54) is 34.9 Å². The number of ether oxygens (including phenoxy) is 2. The summed E-state index contributed by atoms with van der Waals surface area (Å²) in [5.74, 6) is -0.319. The number of anilines is 2. The second-order valence-corrected chi connectivity index (χ2v) is 11.8. The van der Waals surface area contributed by atoms with Crippen molar-refractivity contribution in [3.8, 4) is 11.1 Å². The lowest BCUT2D eigenvalue weighted by molar-refractivity contribution is -0.140. The van der Waals surface area contributed by atoms with Gasteiger partial charge < -0.3 is 19.7 Å².